The Morgan fingerprint density at radius 3 is 1.00 bits per heavy atom. The van der Waals surface area contributed by atoms with Crippen molar-refractivity contribution in [2.45, 2.75) is 315 Å². The van der Waals surface area contributed by atoms with Gasteiger partial charge in [0.05, 0.1) is 19.8 Å². The number of rotatable bonds is 56. The van der Waals surface area contributed by atoms with Gasteiger partial charge in [-0.05, 0) is 12.8 Å². The van der Waals surface area contributed by atoms with Gasteiger partial charge in [-0.15, -0.1) is 0 Å². The fourth-order valence-corrected chi connectivity index (χ4v) is 9.51. The Hall–Kier alpha value is -1.03. The van der Waals surface area contributed by atoms with Crippen molar-refractivity contribution in [3.8, 4) is 0 Å². The average Bonchev–Trinajstić information content (AvgIpc) is 3.30. The van der Waals surface area contributed by atoms with E-state index in [1.807, 2.05) is 0 Å². The van der Waals surface area contributed by atoms with Crippen molar-refractivity contribution in [1.82, 2.24) is 0 Å². The second kappa shape index (κ2) is 51.8. The number of hydrogen-bond donors (Lipinski definition) is 3. The predicted octanol–water partition coefficient (Wildman–Crippen LogP) is 17.1. The van der Waals surface area contributed by atoms with Crippen LogP contribution in [0, 0.1) is 0 Å². The SMILES string of the molecule is CCCCCCCCCCCCCCCCCCCCCCCCCCOCC(COP(=O)(O)OCC(N)C(=O)O)OC(=O)CCCCCCCCCCCCCCCCCCCCCC. The molecule has 0 aliphatic rings. The van der Waals surface area contributed by atoms with E-state index in [1.165, 1.54) is 244 Å². The molecule has 10 nitrogen and oxygen atoms in total. The van der Waals surface area contributed by atoms with Gasteiger partial charge in [-0.25, -0.2) is 4.57 Å². The summed E-state index contributed by atoms with van der Waals surface area (Å²) in [6, 6.07) is -1.47. The van der Waals surface area contributed by atoms with Crippen molar-refractivity contribution in [2.24, 2.45) is 5.73 Å². The molecule has 4 N–H and O–H groups in total. The van der Waals surface area contributed by atoms with E-state index in [9.17, 15) is 19.0 Å². The van der Waals surface area contributed by atoms with Crippen LogP contribution in [-0.4, -0.2) is 60.5 Å². The van der Waals surface area contributed by atoms with Gasteiger partial charge >= 0.3 is 19.8 Å². The zero-order valence-electron chi connectivity index (χ0n) is 43.6. The van der Waals surface area contributed by atoms with Gasteiger partial charge in [0.2, 0.25) is 0 Å². The summed E-state index contributed by atoms with van der Waals surface area (Å²) >= 11 is 0. The van der Waals surface area contributed by atoms with Gasteiger partial charge in [-0.1, -0.05) is 284 Å². The van der Waals surface area contributed by atoms with Crippen LogP contribution in [-0.2, 0) is 32.7 Å². The highest BCUT2D eigenvalue weighted by atomic mass is 31.2. The van der Waals surface area contributed by atoms with E-state index in [0.717, 1.165) is 38.5 Å². The summed E-state index contributed by atoms with van der Waals surface area (Å²) in [5.74, 6) is -1.76. The summed E-state index contributed by atoms with van der Waals surface area (Å²) < 4.78 is 33.6. The molecule has 0 aliphatic heterocycles. The molecule has 3 unspecified atom stereocenters. The maximum atomic E-state index is 12.7. The number of unbranched alkanes of at least 4 members (excludes halogenated alkanes) is 42. The summed E-state index contributed by atoms with van der Waals surface area (Å²) in [6.07, 6.45) is 57.5. The van der Waals surface area contributed by atoms with E-state index < -0.39 is 45.1 Å². The highest BCUT2D eigenvalue weighted by Crippen LogP contribution is 2.43. The first kappa shape index (κ1) is 65.0. The maximum Gasteiger partial charge on any atom is 0.472 e. The molecule has 394 valence electrons. The minimum absolute atomic E-state index is 0.0268. The fourth-order valence-electron chi connectivity index (χ4n) is 8.73. The third-order valence-corrected chi connectivity index (χ3v) is 14.1. The van der Waals surface area contributed by atoms with Gasteiger partial charge in [0.15, 0.2) is 0 Å². The van der Waals surface area contributed by atoms with Crippen molar-refractivity contribution in [3.05, 3.63) is 0 Å². The largest absolute Gasteiger partial charge is 0.480 e. The lowest BCUT2D eigenvalue weighted by Crippen LogP contribution is -2.34. The molecule has 0 bridgehead atoms. The molecule has 11 heteroatoms. The molecular formula is C55H110NO9P. The Bertz CT molecular complexity index is 1070. The zero-order valence-corrected chi connectivity index (χ0v) is 44.5. The maximum absolute atomic E-state index is 12.7. The standard InChI is InChI=1S/C55H110NO9P/c1-3-5-7-9-11-13-15-17-19-21-23-25-26-27-28-30-32-34-36-38-40-42-44-46-48-62-49-52(50-63-66(60,61)64-51-53(56)55(58)59)65-54(57)47-45-43-41-39-37-35-33-31-29-24-22-20-18-16-14-12-10-8-6-4-2/h52-53H,3-51,56H2,1-2H3,(H,58,59)(H,60,61). The number of nitrogens with two attached hydrogens (primary N) is 1. The lowest BCUT2D eigenvalue weighted by molar-refractivity contribution is -0.154. The average molecular weight is 960 g/mol. The normalized spacial score (nSPS) is 13.5. The van der Waals surface area contributed by atoms with Crippen LogP contribution in [0.5, 0.6) is 0 Å². The molecule has 0 amide bonds. The molecule has 0 rings (SSSR count). The minimum atomic E-state index is -4.62. The summed E-state index contributed by atoms with van der Waals surface area (Å²) in [4.78, 5) is 33.8. The second-order valence-corrected chi connectivity index (χ2v) is 21.2. The molecular weight excluding hydrogens is 850 g/mol. The number of phosphoric ester groups is 1. The first-order chi connectivity index (χ1) is 32.2. The third kappa shape index (κ3) is 50.8. The second-order valence-electron chi connectivity index (χ2n) is 19.8. The van der Waals surface area contributed by atoms with Crippen molar-refractivity contribution >= 4 is 19.8 Å². The number of carbonyl (C=O) groups is 2. The number of phosphoric acid groups is 1. The van der Waals surface area contributed by atoms with Crippen molar-refractivity contribution in [1.29, 1.82) is 0 Å². The predicted molar refractivity (Wildman–Crippen MR) is 277 cm³/mol. The van der Waals surface area contributed by atoms with Crippen LogP contribution >= 0.6 is 7.82 Å². The Morgan fingerprint density at radius 2 is 0.697 bits per heavy atom. The summed E-state index contributed by atoms with van der Waals surface area (Å²) in [7, 11) is -4.62. The molecule has 0 radical (unpaired) electrons. The van der Waals surface area contributed by atoms with Crippen molar-refractivity contribution in [2.75, 3.05) is 26.4 Å². The molecule has 0 aromatic rings. The van der Waals surface area contributed by atoms with Gasteiger partial charge in [0.1, 0.15) is 12.1 Å². The molecule has 3 atom stereocenters. The smallest absolute Gasteiger partial charge is 0.472 e. The van der Waals surface area contributed by atoms with Gasteiger partial charge in [0, 0.05) is 13.0 Å². The van der Waals surface area contributed by atoms with E-state index >= 15 is 0 Å². The number of esters is 1. The van der Waals surface area contributed by atoms with E-state index in [2.05, 4.69) is 13.8 Å². The zero-order chi connectivity index (χ0) is 48.3. The number of carbonyl (C=O) groups excluding carboxylic acids is 1. The van der Waals surface area contributed by atoms with Gasteiger partial charge in [-0.3, -0.25) is 18.6 Å². The lowest BCUT2D eigenvalue weighted by Gasteiger charge is -2.20. The number of carboxylic acids is 1. The van der Waals surface area contributed by atoms with Crippen molar-refractivity contribution in [3.63, 3.8) is 0 Å². The van der Waals surface area contributed by atoms with Crippen LogP contribution < -0.4 is 5.73 Å². The Kier molecular flexibility index (Phi) is 51.0. The van der Waals surface area contributed by atoms with Crippen LogP contribution in [0.2, 0.25) is 0 Å². The summed E-state index contributed by atoms with van der Waals surface area (Å²) in [6.45, 7) is 3.98. The number of ether oxygens (including phenoxy) is 2. The molecule has 0 spiro atoms. The minimum Gasteiger partial charge on any atom is -0.480 e. The topological polar surface area (TPSA) is 155 Å². The molecule has 0 heterocycles. The Morgan fingerprint density at radius 1 is 0.424 bits per heavy atom. The molecule has 0 fully saturated rings. The molecule has 0 aliphatic carbocycles. The van der Waals surface area contributed by atoms with Gasteiger partial charge in [-0.2, -0.15) is 0 Å². The molecule has 0 saturated carbocycles. The molecule has 0 saturated heterocycles. The monoisotopic (exact) mass is 960 g/mol. The van der Waals surface area contributed by atoms with E-state index in [1.54, 1.807) is 0 Å². The van der Waals surface area contributed by atoms with Crippen LogP contribution in [0.15, 0.2) is 0 Å². The highest BCUT2D eigenvalue weighted by Gasteiger charge is 2.27. The highest BCUT2D eigenvalue weighted by molar-refractivity contribution is 7.47. The first-order valence-electron chi connectivity index (χ1n) is 28.6. The van der Waals surface area contributed by atoms with E-state index in [4.69, 9.17) is 29.4 Å². The molecule has 0 aromatic heterocycles. The number of aliphatic carboxylic acids is 1. The van der Waals surface area contributed by atoms with E-state index in [-0.39, 0.29) is 13.0 Å². The van der Waals surface area contributed by atoms with Crippen LogP contribution in [0.3, 0.4) is 0 Å². The van der Waals surface area contributed by atoms with Crippen LogP contribution in [0.4, 0.5) is 0 Å². The van der Waals surface area contributed by atoms with Crippen molar-refractivity contribution < 1.29 is 42.7 Å². The Labute approximate surface area is 408 Å². The summed E-state index contributed by atoms with van der Waals surface area (Å²) in [5, 5.41) is 8.95. The quantitative estimate of drug-likeness (QED) is 0.0305. The Balaban J connectivity index is 4.00. The van der Waals surface area contributed by atoms with Gasteiger partial charge < -0.3 is 25.2 Å². The third-order valence-electron chi connectivity index (χ3n) is 13.1. The number of carboxylic acid groups (broad SMARTS) is 1. The molecule has 66 heavy (non-hydrogen) atoms. The fraction of sp³-hybridized carbons (Fsp3) is 0.964. The summed E-state index contributed by atoms with van der Waals surface area (Å²) in [5.41, 5.74) is 5.39. The first-order valence-corrected chi connectivity index (χ1v) is 30.1. The molecule has 0 aromatic carbocycles. The van der Waals surface area contributed by atoms with Crippen LogP contribution in [0.25, 0.3) is 0 Å². The number of hydrogen-bond acceptors (Lipinski definition) is 8. The van der Waals surface area contributed by atoms with Gasteiger partial charge in [0.25, 0.3) is 0 Å². The lowest BCUT2D eigenvalue weighted by atomic mass is 10.0. The van der Waals surface area contributed by atoms with Crippen LogP contribution in [0.1, 0.15) is 303 Å². The van der Waals surface area contributed by atoms with E-state index in [0.29, 0.717) is 6.61 Å².